The van der Waals surface area contributed by atoms with Crippen molar-refractivity contribution in [3.05, 3.63) is 29.9 Å². The number of furan rings is 1. The lowest BCUT2D eigenvalue weighted by Crippen LogP contribution is -2.16. The summed E-state index contributed by atoms with van der Waals surface area (Å²) in [6, 6.07) is 1.97. The van der Waals surface area contributed by atoms with Crippen molar-refractivity contribution in [1.29, 1.82) is 0 Å². The third-order valence-corrected chi connectivity index (χ3v) is 2.91. The Bertz CT molecular complexity index is 535. The van der Waals surface area contributed by atoms with E-state index in [-0.39, 0.29) is 0 Å². The van der Waals surface area contributed by atoms with Crippen molar-refractivity contribution in [1.82, 2.24) is 9.97 Å². The van der Waals surface area contributed by atoms with E-state index in [1.807, 2.05) is 12.3 Å². The molecule has 5 nitrogen and oxygen atoms in total. The van der Waals surface area contributed by atoms with Crippen LogP contribution in [-0.4, -0.2) is 23.1 Å². The molecule has 0 fully saturated rings. The van der Waals surface area contributed by atoms with Gasteiger partial charge >= 0.3 is 0 Å². The van der Waals surface area contributed by atoms with Crippen molar-refractivity contribution in [2.45, 2.75) is 12.8 Å². The lowest BCUT2D eigenvalue weighted by molar-refractivity contribution is 0.506. The van der Waals surface area contributed by atoms with Gasteiger partial charge in [-0.2, -0.15) is 0 Å². The number of anilines is 1. The molecule has 3 N–H and O–H groups in total. The summed E-state index contributed by atoms with van der Waals surface area (Å²) in [4.78, 5) is 8.81. The summed E-state index contributed by atoms with van der Waals surface area (Å²) < 4.78 is 5.43. The Labute approximate surface area is 99.1 Å². The first-order chi connectivity index (χ1) is 8.38. The molecule has 0 saturated heterocycles. The minimum Gasteiger partial charge on any atom is -0.469 e. The molecule has 17 heavy (non-hydrogen) atoms. The molecule has 0 amide bonds. The summed E-state index contributed by atoms with van der Waals surface area (Å²) in [5.74, 6) is 1.64. The van der Waals surface area contributed by atoms with Gasteiger partial charge in [0.1, 0.15) is 5.76 Å². The smallest absolute Gasteiger partial charge is 0.223 e. The molecule has 0 aromatic carbocycles. The molecule has 0 bridgehead atoms. The largest absolute Gasteiger partial charge is 0.469 e. The molecule has 2 aromatic heterocycles. The van der Waals surface area contributed by atoms with Gasteiger partial charge in [0.25, 0.3) is 0 Å². The summed E-state index contributed by atoms with van der Waals surface area (Å²) in [6.07, 6.45) is 5.47. The zero-order chi connectivity index (χ0) is 11.7. The van der Waals surface area contributed by atoms with Crippen molar-refractivity contribution in [3.63, 3.8) is 0 Å². The van der Waals surface area contributed by atoms with Crippen molar-refractivity contribution in [2.24, 2.45) is 5.73 Å². The van der Waals surface area contributed by atoms with E-state index in [1.165, 1.54) is 5.56 Å². The van der Waals surface area contributed by atoms with Crippen LogP contribution in [0.5, 0.6) is 0 Å². The third kappa shape index (κ3) is 1.78. The Morgan fingerprint density at radius 1 is 1.41 bits per heavy atom. The van der Waals surface area contributed by atoms with Gasteiger partial charge in [0.05, 0.1) is 12.0 Å². The molecule has 2 aromatic rings. The predicted molar refractivity (Wildman–Crippen MR) is 64.7 cm³/mol. The van der Waals surface area contributed by atoms with Crippen LogP contribution in [0.25, 0.3) is 11.3 Å². The fraction of sp³-hybridized carbons (Fsp3) is 0.333. The molecule has 3 rings (SSSR count). The summed E-state index contributed by atoms with van der Waals surface area (Å²) in [6.45, 7) is 1.24. The minimum atomic E-state index is 0.567. The number of hydrogen-bond acceptors (Lipinski definition) is 5. The van der Waals surface area contributed by atoms with E-state index >= 15 is 0 Å². The first-order valence-electron chi connectivity index (χ1n) is 5.75. The number of rotatable bonds is 3. The summed E-state index contributed by atoms with van der Waals surface area (Å²) in [7, 11) is 0. The van der Waals surface area contributed by atoms with Crippen molar-refractivity contribution < 1.29 is 4.42 Å². The lowest BCUT2D eigenvalue weighted by Gasteiger charge is -2.14. The molecule has 0 saturated carbocycles. The minimum absolute atomic E-state index is 0.567. The lowest BCUT2D eigenvalue weighted by atomic mass is 9.96. The zero-order valence-electron chi connectivity index (χ0n) is 9.44. The topological polar surface area (TPSA) is 77.0 Å². The van der Waals surface area contributed by atoms with Crippen molar-refractivity contribution in [3.8, 4) is 11.3 Å². The van der Waals surface area contributed by atoms with Crippen LogP contribution in [0.3, 0.4) is 0 Å². The maximum absolute atomic E-state index is 5.44. The molecule has 5 heteroatoms. The highest BCUT2D eigenvalue weighted by Crippen LogP contribution is 2.32. The summed E-state index contributed by atoms with van der Waals surface area (Å²) in [5.41, 5.74) is 8.69. The molecule has 2 heterocycles. The van der Waals surface area contributed by atoms with Gasteiger partial charge in [0, 0.05) is 31.3 Å². The molecule has 0 aliphatic heterocycles. The molecule has 0 radical (unpaired) electrons. The number of fused-ring (bicyclic) bond motifs is 3. The number of nitrogens with zero attached hydrogens (tertiary/aromatic N) is 2. The first-order valence-corrected chi connectivity index (χ1v) is 5.75. The number of aryl methyl sites for hydroxylation is 2. The average molecular weight is 230 g/mol. The highest BCUT2D eigenvalue weighted by molar-refractivity contribution is 5.68. The maximum Gasteiger partial charge on any atom is 0.223 e. The predicted octanol–water partition coefficient (Wildman–Crippen LogP) is 1.21. The Hall–Kier alpha value is -1.88. The average Bonchev–Trinajstić information content (AvgIpc) is 2.84. The molecular formula is C12H14N4O. The van der Waals surface area contributed by atoms with Crippen LogP contribution in [0.4, 0.5) is 5.95 Å². The van der Waals surface area contributed by atoms with Gasteiger partial charge in [-0.1, -0.05) is 0 Å². The van der Waals surface area contributed by atoms with Gasteiger partial charge in [-0.3, -0.25) is 0 Å². The van der Waals surface area contributed by atoms with Gasteiger partial charge in [-0.05, 0) is 18.1 Å². The van der Waals surface area contributed by atoms with Crippen LogP contribution >= 0.6 is 0 Å². The molecule has 0 atom stereocenters. The third-order valence-electron chi connectivity index (χ3n) is 2.91. The Kier molecular flexibility index (Phi) is 2.53. The Balaban J connectivity index is 1.99. The number of hydrogen-bond donors (Lipinski definition) is 2. The van der Waals surface area contributed by atoms with E-state index < -0.39 is 0 Å². The van der Waals surface area contributed by atoms with Gasteiger partial charge in [-0.25, -0.2) is 9.97 Å². The van der Waals surface area contributed by atoms with E-state index in [0.717, 1.165) is 29.9 Å². The zero-order valence-corrected chi connectivity index (χ0v) is 9.44. The fourth-order valence-electron chi connectivity index (χ4n) is 2.09. The van der Waals surface area contributed by atoms with Gasteiger partial charge in [0.2, 0.25) is 5.95 Å². The Morgan fingerprint density at radius 2 is 2.35 bits per heavy atom. The van der Waals surface area contributed by atoms with Crippen LogP contribution in [0.15, 0.2) is 22.9 Å². The van der Waals surface area contributed by atoms with Crippen LogP contribution in [0, 0.1) is 0 Å². The van der Waals surface area contributed by atoms with Gasteiger partial charge in [0.15, 0.2) is 0 Å². The standard InChI is InChI=1S/C12H14N4O/c13-4-5-14-12-15-7-8-1-2-10-9(3-6-17-10)11(8)16-12/h3,6-7H,1-2,4-5,13H2,(H,14,15,16). The highest BCUT2D eigenvalue weighted by atomic mass is 16.3. The van der Waals surface area contributed by atoms with E-state index in [1.54, 1.807) is 6.26 Å². The van der Waals surface area contributed by atoms with E-state index in [4.69, 9.17) is 10.2 Å². The molecule has 0 spiro atoms. The Morgan fingerprint density at radius 3 is 3.24 bits per heavy atom. The number of nitrogens with one attached hydrogen (secondary N) is 1. The van der Waals surface area contributed by atoms with Gasteiger partial charge in [-0.15, -0.1) is 0 Å². The summed E-state index contributed by atoms with van der Waals surface area (Å²) >= 11 is 0. The molecule has 0 unspecified atom stereocenters. The molecule has 1 aliphatic carbocycles. The van der Waals surface area contributed by atoms with E-state index in [0.29, 0.717) is 19.0 Å². The fourth-order valence-corrected chi connectivity index (χ4v) is 2.09. The van der Waals surface area contributed by atoms with E-state index in [9.17, 15) is 0 Å². The number of nitrogens with two attached hydrogens (primary N) is 1. The molecule has 1 aliphatic rings. The second kappa shape index (κ2) is 4.18. The SMILES string of the molecule is NCCNc1ncc2c(n1)-c1ccoc1CC2. The normalized spacial score (nSPS) is 13.0. The van der Waals surface area contributed by atoms with Crippen LogP contribution in [0.2, 0.25) is 0 Å². The maximum atomic E-state index is 5.44. The monoisotopic (exact) mass is 230 g/mol. The first kappa shape index (κ1) is 10.3. The van der Waals surface area contributed by atoms with Crippen LogP contribution in [0.1, 0.15) is 11.3 Å². The van der Waals surface area contributed by atoms with Crippen molar-refractivity contribution in [2.75, 3.05) is 18.4 Å². The van der Waals surface area contributed by atoms with Crippen LogP contribution < -0.4 is 11.1 Å². The van der Waals surface area contributed by atoms with E-state index in [2.05, 4.69) is 15.3 Å². The van der Waals surface area contributed by atoms with Gasteiger partial charge < -0.3 is 15.5 Å². The highest BCUT2D eigenvalue weighted by Gasteiger charge is 2.20. The molecular weight excluding hydrogens is 216 g/mol. The second-order valence-electron chi connectivity index (χ2n) is 4.04. The van der Waals surface area contributed by atoms with Crippen LogP contribution in [-0.2, 0) is 12.8 Å². The number of aromatic nitrogens is 2. The molecule has 88 valence electrons. The quantitative estimate of drug-likeness (QED) is 0.828. The second-order valence-corrected chi connectivity index (χ2v) is 4.04. The van der Waals surface area contributed by atoms with Crippen molar-refractivity contribution >= 4 is 5.95 Å². The summed E-state index contributed by atoms with van der Waals surface area (Å²) in [5, 5.41) is 3.09.